The van der Waals surface area contributed by atoms with Crippen LogP contribution in [-0.2, 0) is 4.79 Å². The number of methoxy groups -OCH3 is 1. The normalized spacial score (nSPS) is 22.6. The van der Waals surface area contributed by atoms with Gasteiger partial charge in [-0.05, 0) is 60.3 Å². The number of carboxylic acid groups (broad SMARTS) is 1. The van der Waals surface area contributed by atoms with Gasteiger partial charge in [-0.15, -0.1) is 0 Å². The topological polar surface area (TPSA) is 68.7 Å². The predicted octanol–water partition coefficient (Wildman–Crippen LogP) is 4.63. The van der Waals surface area contributed by atoms with Crippen LogP contribution in [0, 0.1) is 23.6 Å². The smallest absolute Gasteiger partial charge is 0.306 e. The third kappa shape index (κ3) is 4.36. The number of nitrogens with zero attached hydrogens (tertiary/aromatic N) is 1. The summed E-state index contributed by atoms with van der Waals surface area (Å²) in [5.74, 6) is 0.480. The first-order valence-corrected chi connectivity index (χ1v) is 10.1. The first kappa shape index (κ1) is 19.7. The number of benzene rings is 1. The van der Waals surface area contributed by atoms with Gasteiger partial charge < -0.3 is 14.6 Å². The molecule has 4 rings (SSSR count). The van der Waals surface area contributed by atoms with Gasteiger partial charge >= 0.3 is 5.97 Å². The Hall–Kier alpha value is -2.63. The molecule has 2 aliphatic rings. The monoisotopic (exact) mass is 399 g/mol. The van der Waals surface area contributed by atoms with Crippen molar-refractivity contribution in [2.45, 2.75) is 38.0 Å². The molecule has 2 saturated carbocycles. The number of carbonyl (C=O) groups is 1. The highest BCUT2D eigenvalue weighted by molar-refractivity contribution is 5.71. The van der Waals surface area contributed by atoms with Crippen LogP contribution in [0.5, 0.6) is 11.6 Å². The number of hydrogen-bond acceptors (Lipinski definition) is 4. The van der Waals surface area contributed by atoms with E-state index in [4.69, 9.17) is 9.47 Å². The first-order valence-electron chi connectivity index (χ1n) is 10.1. The standard InChI is InChI=1S/C23H26FNO4/c1-13(23(26)27)22(14-6-7-14)15-4-3-5-17(8-15)29-12-16-9-18(16)19-10-21(28-2)25-11-20(19)24/h3-5,8,10-11,13-14,16,18,22H,6-7,9,12H2,1-2H3,(H,26,27)/t13-,16-,18+,22-/m0/s1. The molecule has 1 aromatic heterocycles. The van der Waals surface area contributed by atoms with Crippen LogP contribution in [0.1, 0.15) is 49.1 Å². The van der Waals surface area contributed by atoms with E-state index in [1.807, 2.05) is 24.3 Å². The van der Waals surface area contributed by atoms with Crippen LogP contribution in [0.4, 0.5) is 4.39 Å². The number of pyridine rings is 1. The lowest BCUT2D eigenvalue weighted by molar-refractivity contribution is -0.142. The molecule has 0 saturated heterocycles. The van der Waals surface area contributed by atoms with Gasteiger partial charge in [0.1, 0.15) is 11.6 Å². The fourth-order valence-corrected chi connectivity index (χ4v) is 4.24. The Kier molecular flexibility index (Phi) is 5.43. The summed E-state index contributed by atoms with van der Waals surface area (Å²) >= 11 is 0. The zero-order valence-corrected chi connectivity index (χ0v) is 16.7. The number of aromatic nitrogens is 1. The minimum atomic E-state index is -0.760. The van der Waals surface area contributed by atoms with E-state index in [0.29, 0.717) is 24.0 Å². The molecule has 1 N–H and O–H groups in total. The maximum Gasteiger partial charge on any atom is 0.306 e. The van der Waals surface area contributed by atoms with Gasteiger partial charge in [0.25, 0.3) is 0 Å². The summed E-state index contributed by atoms with van der Waals surface area (Å²) < 4.78 is 25.2. The largest absolute Gasteiger partial charge is 0.493 e. The highest BCUT2D eigenvalue weighted by Crippen LogP contribution is 2.49. The zero-order chi connectivity index (χ0) is 20.5. The number of rotatable bonds is 9. The van der Waals surface area contributed by atoms with Crippen LogP contribution < -0.4 is 9.47 Å². The van der Waals surface area contributed by atoms with Crippen molar-refractivity contribution >= 4 is 5.97 Å². The first-order chi connectivity index (χ1) is 14.0. The number of carboxylic acids is 1. The highest BCUT2D eigenvalue weighted by Gasteiger charge is 2.41. The van der Waals surface area contributed by atoms with Crippen molar-refractivity contribution in [3.8, 4) is 11.6 Å². The van der Waals surface area contributed by atoms with Gasteiger partial charge in [-0.3, -0.25) is 4.79 Å². The summed E-state index contributed by atoms with van der Waals surface area (Å²) in [6.07, 6.45) is 4.23. The minimum Gasteiger partial charge on any atom is -0.493 e. The predicted molar refractivity (Wildman–Crippen MR) is 106 cm³/mol. The maximum atomic E-state index is 14.1. The van der Waals surface area contributed by atoms with Crippen molar-refractivity contribution < 1.29 is 23.8 Å². The molecule has 29 heavy (non-hydrogen) atoms. The third-order valence-electron chi connectivity index (χ3n) is 6.16. The molecule has 2 fully saturated rings. The molecule has 154 valence electrons. The molecule has 0 spiro atoms. The van der Waals surface area contributed by atoms with Crippen molar-refractivity contribution in [3.63, 3.8) is 0 Å². The molecule has 0 amide bonds. The van der Waals surface area contributed by atoms with Gasteiger partial charge in [0.2, 0.25) is 5.88 Å². The molecule has 4 atom stereocenters. The lowest BCUT2D eigenvalue weighted by Gasteiger charge is -2.21. The summed E-state index contributed by atoms with van der Waals surface area (Å²) in [5.41, 5.74) is 1.65. The molecular weight excluding hydrogens is 373 g/mol. The number of ether oxygens (including phenoxy) is 2. The number of hydrogen-bond donors (Lipinski definition) is 1. The van der Waals surface area contributed by atoms with E-state index < -0.39 is 11.9 Å². The number of aliphatic carboxylic acids is 1. The highest BCUT2D eigenvalue weighted by atomic mass is 19.1. The average molecular weight is 399 g/mol. The van der Waals surface area contributed by atoms with Gasteiger partial charge in [0, 0.05) is 12.0 Å². The summed E-state index contributed by atoms with van der Waals surface area (Å²) in [6, 6.07) is 9.44. The Morgan fingerprint density at radius 2 is 2.14 bits per heavy atom. The fraction of sp³-hybridized carbons (Fsp3) is 0.478. The molecule has 0 aliphatic heterocycles. The maximum absolute atomic E-state index is 14.1. The fourth-order valence-electron chi connectivity index (χ4n) is 4.24. The summed E-state index contributed by atoms with van der Waals surface area (Å²) in [4.78, 5) is 15.4. The summed E-state index contributed by atoms with van der Waals surface area (Å²) in [7, 11) is 1.52. The van der Waals surface area contributed by atoms with E-state index in [1.54, 1.807) is 13.0 Å². The molecule has 2 aliphatic carbocycles. The SMILES string of the molecule is COc1cc([C@@H]2C[C@H]2COc2cccc([C@H](C3CC3)[C@H](C)C(=O)O)c2)c(F)cn1. The molecule has 1 aromatic carbocycles. The van der Waals surface area contributed by atoms with Gasteiger partial charge in [-0.25, -0.2) is 9.37 Å². The second-order valence-electron chi connectivity index (χ2n) is 8.22. The second-order valence-corrected chi connectivity index (χ2v) is 8.22. The molecule has 0 radical (unpaired) electrons. The van der Waals surface area contributed by atoms with E-state index in [0.717, 1.165) is 30.6 Å². The molecule has 1 heterocycles. The second kappa shape index (κ2) is 8.01. The summed E-state index contributed by atoms with van der Waals surface area (Å²) in [5, 5.41) is 9.47. The molecule has 2 aromatic rings. The minimum absolute atomic E-state index is 0.0168. The average Bonchev–Trinajstić information content (AvgIpc) is 3.63. The van der Waals surface area contributed by atoms with Gasteiger partial charge in [0.15, 0.2) is 0 Å². The quantitative estimate of drug-likeness (QED) is 0.666. The van der Waals surface area contributed by atoms with Crippen LogP contribution in [0.3, 0.4) is 0 Å². The molecule has 0 bridgehead atoms. The van der Waals surface area contributed by atoms with Crippen LogP contribution in [0.15, 0.2) is 36.5 Å². The van der Waals surface area contributed by atoms with Gasteiger partial charge in [0.05, 0.1) is 25.8 Å². The van der Waals surface area contributed by atoms with Crippen molar-refractivity contribution in [2.24, 2.45) is 17.8 Å². The van der Waals surface area contributed by atoms with Crippen LogP contribution >= 0.6 is 0 Å². The van der Waals surface area contributed by atoms with E-state index in [2.05, 4.69) is 4.98 Å². The van der Waals surface area contributed by atoms with Crippen LogP contribution in [0.2, 0.25) is 0 Å². The Labute approximate surface area is 169 Å². The van der Waals surface area contributed by atoms with Gasteiger partial charge in [-0.1, -0.05) is 19.1 Å². The van der Waals surface area contributed by atoms with Crippen molar-refractivity contribution in [2.75, 3.05) is 13.7 Å². The Bertz CT molecular complexity index is 898. The van der Waals surface area contributed by atoms with Crippen LogP contribution in [-0.4, -0.2) is 29.8 Å². The van der Waals surface area contributed by atoms with E-state index in [1.165, 1.54) is 13.3 Å². The lowest BCUT2D eigenvalue weighted by Crippen LogP contribution is -2.20. The Morgan fingerprint density at radius 3 is 2.83 bits per heavy atom. The molecule has 5 nitrogen and oxygen atoms in total. The van der Waals surface area contributed by atoms with Crippen molar-refractivity contribution in [1.82, 2.24) is 4.98 Å². The van der Waals surface area contributed by atoms with E-state index >= 15 is 0 Å². The summed E-state index contributed by atoms with van der Waals surface area (Å²) in [6.45, 7) is 2.28. The molecule has 6 heteroatoms. The van der Waals surface area contributed by atoms with Crippen molar-refractivity contribution in [1.29, 1.82) is 0 Å². The molecular formula is C23H26FNO4. The third-order valence-corrected chi connectivity index (χ3v) is 6.16. The van der Waals surface area contributed by atoms with Crippen LogP contribution in [0.25, 0.3) is 0 Å². The molecule has 0 unspecified atom stereocenters. The van der Waals surface area contributed by atoms with Gasteiger partial charge in [-0.2, -0.15) is 0 Å². The van der Waals surface area contributed by atoms with Crippen molar-refractivity contribution in [3.05, 3.63) is 53.5 Å². The lowest BCUT2D eigenvalue weighted by atomic mass is 9.83. The van der Waals surface area contributed by atoms with E-state index in [9.17, 15) is 14.3 Å². The Morgan fingerprint density at radius 1 is 1.34 bits per heavy atom. The Balaban J connectivity index is 1.40. The zero-order valence-electron chi connectivity index (χ0n) is 16.7. The van der Waals surface area contributed by atoms with E-state index in [-0.39, 0.29) is 23.6 Å². The number of halogens is 1.